The maximum Gasteiger partial charge on any atom is 0.255 e. The van der Waals surface area contributed by atoms with Crippen molar-refractivity contribution < 1.29 is 18.0 Å². The van der Waals surface area contributed by atoms with Crippen LogP contribution in [0.15, 0.2) is 36.7 Å². The first-order valence-electron chi connectivity index (χ1n) is 6.33. The zero-order valence-electron chi connectivity index (χ0n) is 11.4. The predicted octanol–water partition coefficient (Wildman–Crippen LogP) is 3.24. The number of hydrogen-bond acceptors (Lipinski definition) is 2. The van der Waals surface area contributed by atoms with Gasteiger partial charge in [0.1, 0.15) is 0 Å². The number of aryl methyl sites for hydroxylation is 1. The molecule has 1 heterocycles. The third-order valence-corrected chi connectivity index (χ3v) is 3.27. The molecule has 0 aliphatic carbocycles. The van der Waals surface area contributed by atoms with E-state index in [4.69, 9.17) is 0 Å². The Morgan fingerprint density at radius 1 is 1.14 bits per heavy atom. The summed E-state index contributed by atoms with van der Waals surface area (Å²) in [4.78, 5) is 16.2. The standard InChI is InChI=1S/C15H10F3N3O/c1-21-7-19-11-6-8(2-5-12(11)21)15(22)20-10-4-3-9(16)13(17)14(10)18/h2-7H,1H3,(H,20,22). The maximum absolute atomic E-state index is 13.5. The van der Waals surface area contributed by atoms with Crippen LogP contribution >= 0.6 is 0 Å². The van der Waals surface area contributed by atoms with Gasteiger partial charge in [-0.15, -0.1) is 0 Å². The van der Waals surface area contributed by atoms with Crippen molar-refractivity contribution in [2.24, 2.45) is 7.05 Å². The van der Waals surface area contributed by atoms with Gasteiger partial charge in [0.2, 0.25) is 0 Å². The van der Waals surface area contributed by atoms with Gasteiger partial charge in [-0.1, -0.05) is 0 Å². The van der Waals surface area contributed by atoms with E-state index in [9.17, 15) is 18.0 Å². The summed E-state index contributed by atoms with van der Waals surface area (Å²) < 4.78 is 41.3. The van der Waals surface area contributed by atoms with Gasteiger partial charge >= 0.3 is 0 Å². The molecular weight excluding hydrogens is 295 g/mol. The van der Waals surface area contributed by atoms with E-state index in [1.165, 1.54) is 12.1 Å². The van der Waals surface area contributed by atoms with Crippen LogP contribution < -0.4 is 5.32 Å². The van der Waals surface area contributed by atoms with Crippen LogP contribution in [0.4, 0.5) is 18.9 Å². The number of fused-ring (bicyclic) bond motifs is 1. The summed E-state index contributed by atoms with van der Waals surface area (Å²) in [5.74, 6) is -5.02. The van der Waals surface area contributed by atoms with Crippen molar-refractivity contribution in [1.82, 2.24) is 9.55 Å². The van der Waals surface area contributed by atoms with Crippen molar-refractivity contribution >= 4 is 22.6 Å². The van der Waals surface area contributed by atoms with Crippen LogP contribution in [0.5, 0.6) is 0 Å². The summed E-state index contributed by atoms with van der Waals surface area (Å²) in [5, 5.41) is 2.21. The number of carbonyl (C=O) groups is 1. The van der Waals surface area contributed by atoms with Crippen molar-refractivity contribution in [1.29, 1.82) is 0 Å². The lowest BCUT2D eigenvalue weighted by Crippen LogP contribution is -2.14. The number of aromatic nitrogens is 2. The highest BCUT2D eigenvalue weighted by molar-refractivity contribution is 6.06. The fourth-order valence-electron chi connectivity index (χ4n) is 2.09. The molecular formula is C15H10F3N3O. The van der Waals surface area contributed by atoms with Gasteiger partial charge in [0.25, 0.3) is 5.91 Å². The molecule has 22 heavy (non-hydrogen) atoms. The topological polar surface area (TPSA) is 46.9 Å². The first-order valence-corrected chi connectivity index (χ1v) is 6.33. The monoisotopic (exact) mass is 305 g/mol. The van der Waals surface area contributed by atoms with Crippen molar-refractivity contribution in [3.05, 3.63) is 59.7 Å². The molecule has 0 aliphatic rings. The van der Waals surface area contributed by atoms with Gasteiger partial charge in [0.05, 0.1) is 23.0 Å². The van der Waals surface area contributed by atoms with E-state index < -0.39 is 29.0 Å². The summed E-state index contributed by atoms with van der Waals surface area (Å²) in [6.07, 6.45) is 1.60. The average molecular weight is 305 g/mol. The molecule has 0 spiro atoms. The van der Waals surface area contributed by atoms with Crippen LogP contribution in [0.25, 0.3) is 11.0 Å². The van der Waals surface area contributed by atoms with Crippen LogP contribution in [-0.4, -0.2) is 15.5 Å². The van der Waals surface area contributed by atoms with Crippen molar-refractivity contribution in [2.45, 2.75) is 0 Å². The smallest absolute Gasteiger partial charge is 0.255 e. The van der Waals surface area contributed by atoms with Crippen molar-refractivity contribution in [3.63, 3.8) is 0 Å². The molecule has 0 saturated heterocycles. The number of amides is 1. The summed E-state index contributed by atoms with van der Waals surface area (Å²) >= 11 is 0. The highest BCUT2D eigenvalue weighted by atomic mass is 19.2. The quantitative estimate of drug-likeness (QED) is 0.739. The number of carbonyl (C=O) groups excluding carboxylic acids is 1. The summed E-state index contributed by atoms with van der Waals surface area (Å²) in [6, 6.07) is 6.47. The molecule has 0 fully saturated rings. The number of nitrogens with zero attached hydrogens (tertiary/aromatic N) is 2. The van der Waals surface area contributed by atoms with E-state index >= 15 is 0 Å². The van der Waals surface area contributed by atoms with E-state index in [2.05, 4.69) is 10.3 Å². The molecule has 0 aliphatic heterocycles. The third kappa shape index (κ3) is 2.30. The normalized spacial score (nSPS) is 10.9. The number of benzene rings is 2. The SMILES string of the molecule is Cn1cnc2cc(C(=O)Nc3ccc(F)c(F)c3F)ccc21. The Hall–Kier alpha value is -2.83. The van der Waals surface area contributed by atoms with Gasteiger partial charge < -0.3 is 9.88 Å². The highest BCUT2D eigenvalue weighted by Gasteiger charge is 2.16. The molecule has 0 atom stereocenters. The molecule has 3 aromatic rings. The van der Waals surface area contributed by atoms with Crippen molar-refractivity contribution in [2.75, 3.05) is 5.32 Å². The maximum atomic E-state index is 13.5. The summed E-state index contributed by atoms with van der Waals surface area (Å²) in [6.45, 7) is 0. The van der Waals surface area contributed by atoms with Crippen LogP contribution in [0.2, 0.25) is 0 Å². The zero-order valence-corrected chi connectivity index (χ0v) is 11.4. The molecule has 1 amide bonds. The highest BCUT2D eigenvalue weighted by Crippen LogP contribution is 2.21. The lowest BCUT2D eigenvalue weighted by atomic mass is 10.1. The molecule has 112 valence electrons. The molecule has 7 heteroatoms. The molecule has 3 rings (SSSR count). The minimum atomic E-state index is -1.63. The van der Waals surface area contributed by atoms with Gasteiger partial charge in [0.15, 0.2) is 17.5 Å². The zero-order chi connectivity index (χ0) is 15.9. The second-order valence-corrected chi connectivity index (χ2v) is 4.74. The number of anilines is 1. The van der Waals surface area contributed by atoms with Gasteiger partial charge in [-0.25, -0.2) is 18.2 Å². The molecule has 0 unspecified atom stereocenters. The lowest BCUT2D eigenvalue weighted by Gasteiger charge is -2.07. The van der Waals surface area contributed by atoms with Gasteiger partial charge in [-0.2, -0.15) is 0 Å². The average Bonchev–Trinajstić information content (AvgIpc) is 2.88. The van der Waals surface area contributed by atoms with Gasteiger partial charge in [0, 0.05) is 12.6 Å². The Morgan fingerprint density at radius 2 is 1.91 bits per heavy atom. The summed E-state index contributed by atoms with van der Waals surface area (Å²) in [7, 11) is 1.81. The fraction of sp³-hybridized carbons (Fsp3) is 0.0667. The molecule has 2 aromatic carbocycles. The molecule has 1 aromatic heterocycles. The Morgan fingerprint density at radius 3 is 2.68 bits per heavy atom. The minimum Gasteiger partial charge on any atom is -0.334 e. The van der Waals surface area contributed by atoms with E-state index in [-0.39, 0.29) is 5.56 Å². The van der Waals surface area contributed by atoms with Gasteiger partial charge in [-0.3, -0.25) is 4.79 Å². The largest absolute Gasteiger partial charge is 0.334 e. The Labute approximate surface area is 123 Å². The van der Waals surface area contributed by atoms with E-state index in [0.29, 0.717) is 5.52 Å². The number of halogens is 3. The Bertz CT molecular complexity index is 889. The number of hydrogen-bond donors (Lipinski definition) is 1. The Balaban J connectivity index is 1.91. The van der Waals surface area contributed by atoms with E-state index in [0.717, 1.165) is 17.6 Å². The van der Waals surface area contributed by atoms with E-state index in [1.807, 2.05) is 7.05 Å². The fourth-order valence-corrected chi connectivity index (χ4v) is 2.09. The lowest BCUT2D eigenvalue weighted by molar-refractivity contribution is 0.102. The second kappa shape index (κ2) is 5.18. The molecule has 0 saturated carbocycles. The first kappa shape index (κ1) is 14.1. The minimum absolute atomic E-state index is 0.232. The number of nitrogens with one attached hydrogen (secondary N) is 1. The number of rotatable bonds is 2. The Kier molecular flexibility index (Phi) is 3.32. The van der Waals surface area contributed by atoms with E-state index in [1.54, 1.807) is 17.0 Å². The van der Waals surface area contributed by atoms with Crippen molar-refractivity contribution in [3.8, 4) is 0 Å². The van der Waals surface area contributed by atoms with Crippen LogP contribution in [0.3, 0.4) is 0 Å². The van der Waals surface area contributed by atoms with Crippen LogP contribution in [0.1, 0.15) is 10.4 Å². The van der Waals surface area contributed by atoms with Crippen LogP contribution in [0, 0.1) is 17.5 Å². The predicted molar refractivity (Wildman–Crippen MR) is 75.0 cm³/mol. The molecule has 0 radical (unpaired) electrons. The molecule has 0 bridgehead atoms. The second-order valence-electron chi connectivity index (χ2n) is 4.74. The third-order valence-electron chi connectivity index (χ3n) is 3.27. The number of imidazole rings is 1. The molecule has 1 N–H and O–H groups in total. The first-order chi connectivity index (χ1) is 10.5. The summed E-state index contributed by atoms with van der Waals surface area (Å²) in [5.41, 5.74) is 1.23. The van der Waals surface area contributed by atoms with Gasteiger partial charge in [-0.05, 0) is 30.3 Å². The molecule has 4 nitrogen and oxygen atoms in total. The van der Waals surface area contributed by atoms with Crippen LogP contribution in [-0.2, 0) is 7.05 Å².